The molecule has 0 amide bonds. The number of nitrogens with one attached hydrogen (secondary N) is 2. The largest absolute Gasteiger partial charge is 0.377 e. The highest BCUT2D eigenvalue weighted by molar-refractivity contribution is 6.31. The first-order valence-corrected chi connectivity index (χ1v) is 6.15. The van der Waals surface area contributed by atoms with Crippen molar-refractivity contribution in [2.75, 3.05) is 31.6 Å². The molecule has 1 atom stereocenters. The van der Waals surface area contributed by atoms with Gasteiger partial charge in [-0.3, -0.25) is 10.1 Å². The number of hydrogen-bond acceptors (Lipinski definition) is 5. The van der Waals surface area contributed by atoms with Crippen molar-refractivity contribution in [2.24, 2.45) is 0 Å². The number of hydrogen-bond donors (Lipinski definition) is 2. The molecule has 1 fully saturated rings. The smallest absolute Gasteiger partial charge is 0.295 e. The van der Waals surface area contributed by atoms with Gasteiger partial charge in [0.25, 0.3) is 5.69 Å². The first-order chi connectivity index (χ1) is 9.08. The number of anilines is 1. The van der Waals surface area contributed by atoms with E-state index in [1.807, 2.05) is 0 Å². The zero-order chi connectivity index (χ0) is 13.8. The van der Waals surface area contributed by atoms with Crippen molar-refractivity contribution >= 4 is 23.0 Å². The summed E-state index contributed by atoms with van der Waals surface area (Å²) in [4.78, 5) is 10.2. The maximum atomic E-state index is 13.2. The molecule has 0 saturated carbocycles. The van der Waals surface area contributed by atoms with E-state index in [0.29, 0.717) is 19.7 Å². The monoisotopic (exact) mass is 289 g/mol. The second kappa shape index (κ2) is 6.14. The van der Waals surface area contributed by atoms with Crippen LogP contribution in [0, 0.1) is 15.9 Å². The predicted octanol–water partition coefficient (Wildman–Crippen LogP) is 1.79. The number of nitrogens with zero attached hydrogens (tertiary/aromatic N) is 1. The molecule has 1 aliphatic heterocycles. The van der Waals surface area contributed by atoms with Crippen LogP contribution in [0.5, 0.6) is 0 Å². The van der Waals surface area contributed by atoms with Gasteiger partial charge in [-0.1, -0.05) is 11.6 Å². The van der Waals surface area contributed by atoms with E-state index in [4.69, 9.17) is 16.3 Å². The molecule has 2 N–H and O–H groups in total. The third kappa shape index (κ3) is 3.52. The molecule has 8 heteroatoms. The fourth-order valence-corrected chi connectivity index (χ4v) is 1.97. The first-order valence-electron chi connectivity index (χ1n) is 5.77. The van der Waals surface area contributed by atoms with Crippen LogP contribution in [0.3, 0.4) is 0 Å². The minimum atomic E-state index is -0.811. The molecule has 1 aliphatic rings. The summed E-state index contributed by atoms with van der Waals surface area (Å²) in [6.45, 7) is 2.43. The van der Waals surface area contributed by atoms with Crippen molar-refractivity contribution in [3.63, 3.8) is 0 Å². The Labute approximate surface area is 114 Å². The van der Waals surface area contributed by atoms with E-state index in [1.165, 1.54) is 6.07 Å². The summed E-state index contributed by atoms with van der Waals surface area (Å²) in [5, 5.41) is 16.7. The molecule has 1 aromatic carbocycles. The van der Waals surface area contributed by atoms with Crippen molar-refractivity contribution in [3.05, 3.63) is 33.1 Å². The van der Waals surface area contributed by atoms with E-state index in [2.05, 4.69) is 10.6 Å². The zero-order valence-corrected chi connectivity index (χ0v) is 10.7. The normalized spacial score (nSPS) is 19.2. The maximum absolute atomic E-state index is 13.2. The van der Waals surface area contributed by atoms with Crippen LogP contribution in [0.2, 0.25) is 5.02 Å². The lowest BCUT2D eigenvalue weighted by Gasteiger charge is -2.24. The first kappa shape index (κ1) is 14.0. The van der Waals surface area contributed by atoms with Crippen molar-refractivity contribution in [3.8, 4) is 0 Å². The highest BCUT2D eigenvalue weighted by Gasteiger charge is 2.19. The van der Waals surface area contributed by atoms with E-state index in [1.54, 1.807) is 0 Å². The van der Waals surface area contributed by atoms with Gasteiger partial charge in [-0.25, -0.2) is 4.39 Å². The van der Waals surface area contributed by atoms with Gasteiger partial charge in [-0.05, 0) is 6.07 Å². The number of morpholine rings is 1. The summed E-state index contributed by atoms with van der Waals surface area (Å²) in [6.07, 6.45) is -0.0859. The van der Waals surface area contributed by atoms with Gasteiger partial charge in [0, 0.05) is 19.6 Å². The van der Waals surface area contributed by atoms with Crippen LogP contribution in [0.15, 0.2) is 12.1 Å². The lowest BCUT2D eigenvalue weighted by atomic mass is 10.2. The van der Waals surface area contributed by atoms with Crippen LogP contribution in [-0.4, -0.2) is 37.3 Å². The topological polar surface area (TPSA) is 76.4 Å². The fraction of sp³-hybridized carbons (Fsp3) is 0.455. The van der Waals surface area contributed by atoms with Gasteiger partial charge in [0.05, 0.1) is 28.7 Å². The second-order valence-corrected chi connectivity index (χ2v) is 4.53. The molecule has 1 unspecified atom stereocenters. The molecule has 0 aromatic heterocycles. The average molecular weight is 290 g/mol. The third-order valence-electron chi connectivity index (χ3n) is 2.76. The molecular formula is C11H13ClFN3O3. The van der Waals surface area contributed by atoms with Gasteiger partial charge in [0.2, 0.25) is 0 Å². The zero-order valence-electron chi connectivity index (χ0n) is 9.99. The van der Waals surface area contributed by atoms with E-state index in [0.717, 1.165) is 12.6 Å². The molecule has 0 radical (unpaired) electrons. The van der Waals surface area contributed by atoms with Crippen molar-refractivity contribution in [1.82, 2.24) is 5.32 Å². The van der Waals surface area contributed by atoms with E-state index >= 15 is 0 Å². The lowest BCUT2D eigenvalue weighted by Crippen LogP contribution is -2.42. The van der Waals surface area contributed by atoms with Gasteiger partial charge in [0.1, 0.15) is 11.5 Å². The van der Waals surface area contributed by atoms with Crippen LogP contribution in [-0.2, 0) is 4.74 Å². The van der Waals surface area contributed by atoms with E-state index in [9.17, 15) is 14.5 Å². The van der Waals surface area contributed by atoms with Crippen LogP contribution >= 0.6 is 11.6 Å². The molecule has 1 heterocycles. The fourth-order valence-electron chi connectivity index (χ4n) is 1.80. The molecule has 6 nitrogen and oxygen atoms in total. The van der Waals surface area contributed by atoms with Crippen LogP contribution < -0.4 is 10.6 Å². The number of nitro groups is 1. The van der Waals surface area contributed by atoms with Gasteiger partial charge in [0.15, 0.2) is 0 Å². The summed E-state index contributed by atoms with van der Waals surface area (Å²) in [7, 11) is 0. The summed E-state index contributed by atoms with van der Waals surface area (Å²) < 4.78 is 18.7. The summed E-state index contributed by atoms with van der Waals surface area (Å²) in [6, 6.07) is 2.02. The minimum absolute atomic E-state index is 0.0859. The lowest BCUT2D eigenvalue weighted by molar-refractivity contribution is -0.384. The Morgan fingerprint density at radius 2 is 2.42 bits per heavy atom. The van der Waals surface area contributed by atoms with Crippen LogP contribution in [0.4, 0.5) is 15.8 Å². The third-order valence-corrected chi connectivity index (χ3v) is 3.05. The number of benzene rings is 1. The standard InChI is InChI=1S/C11H13ClFN3O3/c12-8-3-10(11(16(17)18)4-9(8)13)15-6-7-5-14-1-2-19-7/h3-4,7,14-15H,1-2,5-6H2. The molecule has 1 saturated heterocycles. The Morgan fingerprint density at radius 3 is 3.05 bits per heavy atom. The number of rotatable bonds is 4. The molecule has 19 heavy (non-hydrogen) atoms. The quantitative estimate of drug-likeness (QED) is 0.653. The molecule has 0 aliphatic carbocycles. The second-order valence-electron chi connectivity index (χ2n) is 4.12. The van der Waals surface area contributed by atoms with E-state index < -0.39 is 10.7 Å². The Bertz CT molecular complexity index is 480. The summed E-state index contributed by atoms with van der Waals surface area (Å²) in [5.74, 6) is -0.811. The van der Waals surface area contributed by atoms with Crippen LogP contribution in [0.1, 0.15) is 0 Å². The van der Waals surface area contributed by atoms with E-state index in [-0.39, 0.29) is 22.5 Å². The predicted molar refractivity (Wildman–Crippen MR) is 69.2 cm³/mol. The highest BCUT2D eigenvalue weighted by Crippen LogP contribution is 2.30. The molecule has 0 spiro atoms. The van der Waals surface area contributed by atoms with Gasteiger partial charge in [-0.15, -0.1) is 0 Å². The number of halogens is 2. The van der Waals surface area contributed by atoms with Crippen molar-refractivity contribution in [1.29, 1.82) is 0 Å². The van der Waals surface area contributed by atoms with Crippen molar-refractivity contribution < 1.29 is 14.1 Å². The highest BCUT2D eigenvalue weighted by atomic mass is 35.5. The summed E-state index contributed by atoms with van der Waals surface area (Å²) in [5.41, 5.74) is -0.156. The van der Waals surface area contributed by atoms with Gasteiger partial charge >= 0.3 is 0 Å². The summed E-state index contributed by atoms with van der Waals surface area (Å²) >= 11 is 5.63. The molecule has 1 aromatic rings. The Morgan fingerprint density at radius 1 is 1.63 bits per heavy atom. The molecule has 0 bridgehead atoms. The van der Waals surface area contributed by atoms with Gasteiger partial charge in [-0.2, -0.15) is 0 Å². The molecular weight excluding hydrogens is 277 g/mol. The van der Waals surface area contributed by atoms with Crippen LogP contribution in [0.25, 0.3) is 0 Å². The number of nitro benzene ring substituents is 1. The average Bonchev–Trinajstić information content (AvgIpc) is 2.40. The van der Waals surface area contributed by atoms with Gasteiger partial charge < -0.3 is 15.4 Å². The molecule has 104 valence electrons. The SMILES string of the molecule is O=[N+]([O-])c1cc(F)c(Cl)cc1NCC1CNCCO1. The number of ether oxygens (including phenoxy) is 1. The minimum Gasteiger partial charge on any atom is -0.377 e. The Kier molecular flexibility index (Phi) is 4.52. The Hall–Kier alpha value is -1.44. The van der Waals surface area contributed by atoms with Crippen molar-refractivity contribution in [2.45, 2.75) is 6.10 Å². The maximum Gasteiger partial charge on any atom is 0.295 e. The molecule has 2 rings (SSSR count). The Balaban J connectivity index is 2.09.